The SMILES string of the molecule is CC(C)[C@@H]1C[C@@H](O)[C@H]2[C@@]1(C)CC[C@@]1(C)[C@H]3C(=CC[C@]21C)[C@@]1(CO)CC[C@H](O)C(C)(C)[C@@H]1C[C@@H]3O. The third-order valence-electron chi connectivity index (χ3n) is 13.2. The Morgan fingerprint density at radius 1 is 0.912 bits per heavy atom. The van der Waals surface area contributed by atoms with Gasteiger partial charge in [-0.3, -0.25) is 0 Å². The maximum atomic E-state index is 11.8. The zero-order valence-corrected chi connectivity index (χ0v) is 22.6. The molecule has 194 valence electrons. The van der Waals surface area contributed by atoms with Crippen LogP contribution in [-0.4, -0.2) is 45.3 Å². The first-order valence-electron chi connectivity index (χ1n) is 14.1. The molecular formula is C30H50O4. The van der Waals surface area contributed by atoms with E-state index in [0.29, 0.717) is 24.7 Å². The number of aliphatic hydroxyl groups is 4. The summed E-state index contributed by atoms with van der Waals surface area (Å²) in [4.78, 5) is 0. The van der Waals surface area contributed by atoms with E-state index >= 15 is 0 Å². The van der Waals surface area contributed by atoms with Crippen molar-refractivity contribution >= 4 is 0 Å². The van der Waals surface area contributed by atoms with Crippen LogP contribution in [0.3, 0.4) is 0 Å². The second-order valence-electron chi connectivity index (χ2n) is 14.9. The molecule has 4 N–H and O–H groups in total. The molecule has 0 aliphatic heterocycles. The van der Waals surface area contributed by atoms with Crippen LogP contribution in [0.4, 0.5) is 0 Å². The molecule has 0 radical (unpaired) electrons. The topological polar surface area (TPSA) is 80.9 Å². The number of fused-ring (bicyclic) bond motifs is 7. The summed E-state index contributed by atoms with van der Waals surface area (Å²) in [6.45, 7) is 16.2. The first-order valence-corrected chi connectivity index (χ1v) is 14.1. The second-order valence-corrected chi connectivity index (χ2v) is 14.9. The highest BCUT2D eigenvalue weighted by atomic mass is 16.3. The van der Waals surface area contributed by atoms with Crippen LogP contribution in [0.25, 0.3) is 0 Å². The minimum absolute atomic E-state index is 0.00976. The largest absolute Gasteiger partial charge is 0.395 e. The summed E-state index contributed by atoms with van der Waals surface area (Å²) in [6.07, 6.45) is 7.31. The summed E-state index contributed by atoms with van der Waals surface area (Å²) < 4.78 is 0. The molecule has 0 saturated heterocycles. The molecule has 5 rings (SSSR count). The third kappa shape index (κ3) is 2.81. The van der Waals surface area contributed by atoms with Gasteiger partial charge in [0, 0.05) is 11.3 Å². The van der Waals surface area contributed by atoms with Crippen LogP contribution in [0.15, 0.2) is 11.6 Å². The van der Waals surface area contributed by atoms with Crippen molar-refractivity contribution in [2.45, 2.75) is 112 Å². The van der Waals surface area contributed by atoms with Crippen molar-refractivity contribution in [1.29, 1.82) is 0 Å². The summed E-state index contributed by atoms with van der Waals surface area (Å²) in [5.41, 5.74) is 0.488. The van der Waals surface area contributed by atoms with Crippen molar-refractivity contribution in [2.24, 2.45) is 56.7 Å². The van der Waals surface area contributed by atoms with Gasteiger partial charge in [-0.25, -0.2) is 0 Å². The van der Waals surface area contributed by atoms with Crippen molar-refractivity contribution in [3.8, 4) is 0 Å². The van der Waals surface area contributed by atoms with Gasteiger partial charge in [-0.05, 0) is 90.3 Å². The molecule has 0 bridgehead atoms. The highest BCUT2D eigenvalue weighted by Crippen LogP contribution is 2.76. The fourth-order valence-electron chi connectivity index (χ4n) is 11.3. The number of rotatable bonds is 2. The number of hydrogen-bond acceptors (Lipinski definition) is 4. The van der Waals surface area contributed by atoms with E-state index < -0.39 is 12.2 Å². The summed E-state index contributed by atoms with van der Waals surface area (Å²) >= 11 is 0. The molecule has 4 nitrogen and oxygen atoms in total. The molecule has 5 aliphatic rings. The lowest BCUT2D eigenvalue weighted by Crippen LogP contribution is -2.67. The third-order valence-corrected chi connectivity index (χ3v) is 13.2. The maximum absolute atomic E-state index is 11.8. The predicted molar refractivity (Wildman–Crippen MR) is 135 cm³/mol. The molecule has 4 heteroatoms. The summed E-state index contributed by atoms with van der Waals surface area (Å²) in [5.74, 6) is 1.39. The van der Waals surface area contributed by atoms with Crippen LogP contribution >= 0.6 is 0 Å². The average Bonchev–Trinajstić information content (AvgIpc) is 3.04. The Morgan fingerprint density at radius 2 is 1.59 bits per heavy atom. The van der Waals surface area contributed by atoms with Gasteiger partial charge < -0.3 is 20.4 Å². The van der Waals surface area contributed by atoms with Crippen LogP contribution in [-0.2, 0) is 0 Å². The smallest absolute Gasteiger partial charge is 0.0614 e. The van der Waals surface area contributed by atoms with Crippen LogP contribution in [0.2, 0.25) is 0 Å². The van der Waals surface area contributed by atoms with E-state index in [2.05, 4.69) is 54.5 Å². The molecule has 34 heavy (non-hydrogen) atoms. The van der Waals surface area contributed by atoms with Crippen molar-refractivity contribution in [1.82, 2.24) is 0 Å². The first kappa shape index (κ1) is 25.2. The van der Waals surface area contributed by atoms with E-state index in [1.807, 2.05) is 0 Å². The molecule has 0 aromatic rings. The Hall–Kier alpha value is -0.420. The Balaban J connectivity index is 1.63. The summed E-state index contributed by atoms with van der Waals surface area (Å²) in [6, 6.07) is 0. The van der Waals surface area contributed by atoms with E-state index in [4.69, 9.17) is 0 Å². The van der Waals surface area contributed by atoms with Crippen molar-refractivity contribution in [2.75, 3.05) is 6.61 Å². The number of allylic oxidation sites excluding steroid dienone is 1. The van der Waals surface area contributed by atoms with Gasteiger partial charge in [0.1, 0.15) is 0 Å². The Bertz CT molecular complexity index is 864. The van der Waals surface area contributed by atoms with Gasteiger partial charge in [-0.1, -0.05) is 60.1 Å². The number of hydrogen-bond donors (Lipinski definition) is 4. The van der Waals surface area contributed by atoms with Gasteiger partial charge in [-0.15, -0.1) is 0 Å². The molecule has 0 heterocycles. The fourth-order valence-corrected chi connectivity index (χ4v) is 11.3. The highest BCUT2D eigenvalue weighted by Gasteiger charge is 2.72. The maximum Gasteiger partial charge on any atom is 0.0614 e. The van der Waals surface area contributed by atoms with Crippen molar-refractivity contribution < 1.29 is 20.4 Å². The molecule has 11 atom stereocenters. The van der Waals surface area contributed by atoms with Gasteiger partial charge in [0.25, 0.3) is 0 Å². The zero-order valence-electron chi connectivity index (χ0n) is 22.6. The van der Waals surface area contributed by atoms with Crippen molar-refractivity contribution in [3.63, 3.8) is 0 Å². The molecule has 0 amide bonds. The molecule has 0 aromatic heterocycles. The monoisotopic (exact) mass is 474 g/mol. The van der Waals surface area contributed by atoms with Crippen LogP contribution < -0.4 is 0 Å². The van der Waals surface area contributed by atoms with Gasteiger partial charge in [0.15, 0.2) is 0 Å². The fraction of sp³-hybridized carbons (Fsp3) is 0.933. The Labute approximate surface area is 207 Å². The summed E-state index contributed by atoms with van der Waals surface area (Å²) in [7, 11) is 0. The minimum Gasteiger partial charge on any atom is -0.395 e. The predicted octanol–water partition coefficient (Wildman–Crippen LogP) is 4.94. The lowest BCUT2D eigenvalue weighted by atomic mass is 9.35. The van der Waals surface area contributed by atoms with Crippen LogP contribution in [0.5, 0.6) is 0 Å². The van der Waals surface area contributed by atoms with Gasteiger partial charge >= 0.3 is 0 Å². The quantitative estimate of drug-likeness (QED) is 0.428. The summed E-state index contributed by atoms with van der Waals surface area (Å²) in [5, 5.41) is 45.2. The lowest BCUT2D eigenvalue weighted by Gasteiger charge is -2.70. The minimum atomic E-state index is -0.478. The Morgan fingerprint density at radius 3 is 2.21 bits per heavy atom. The van der Waals surface area contributed by atoms with E-state index in [-0.39, 0.29) is 57.5 Å². The van der Waals surface area contributed by atoms with Crippen molar-refractivity contribution in [3.05, 3.63) is 11.6 Å². The molecule has 0 spiro atoms. The van der Waals surface area contributed by atoms with E-state index in [1.165, 1.54) is 5.57 Å². The van der Waals surface area contributed by atoms with Crippen LogP contribution in [0, 0.1) is 56.7 Å². The normalized spacial score (nSPS) is 56.2. The van der Waals surface area contributed by atoms with Gasteiger partial charge in [-0.2, -0.15) is 0 Å². The van der Waals surface area contributed by atoms with E-state index in [0.717, 1.165) is 32.1 Å². The standard InChI is InChI=1S/C30H50O4/c1-17(2)19-14-21(33)25-27(19,5)12-13-28(6)24-18(8-10-29(25,28)7)30(16-31)11-9-23(34)26(3,4)22(30)15-20(24)32/h8,17,19-25,31-34H,9-16H2,1-7H3/t19-,20-,21+,22-,23-,24-,25-,27-,28-,29+,30-/m0/s1. The zero-order chi connectivity index (χ0) is 25.1. The van der Waals surface area contributed by atoms with Crippen LogP contribution in [0.1, 0.15) is 93.4 Å². The van der Waals surface area contributed by atoms with E-state index in [9.17, 15) is 20.4 Å². The average molecular weight is 475 g/mol. The van der Waals surface area contributed by atoms with Gasteiger partial charge in [0.05, 0.1) is 24.9 Å². The molecule has 0 unspecified atom stereocenters. The first-order chi connectivity index (χ1) is 15.7. The Kier molecular flexibility index (Phi) is 5.61. The molecular weight excluding hydrogens is 424 g/mol. The lowest BCUT2D eigenvalue weighted by molar-refractivity contribution is -0.208. The highest BCUT2D eigenvalue weighted by molar-refractivity contribution is 5.35. The molecule has 4 saturated carbocycles. The van der Waals surface area contributed by atoms with E-state index in [1.54, 1.807) is 0 Å². The molecule has 5 aliphatic carbocycles. The molecule has 4 fully saturated rings. The second kappa shape index (κ2) is 7.55. The number of aliphatic hydroxyl groups excluding tert-OH is 4. The molecule has 0 aromatic carbocycles. The van der Waals surface area contributed by atoms with Gasteiger partial charge in [0.2, 0.25) is 0 Å².